The number of nitrogens with one attached hydrogen (secondary N) is 1. The molecule has 8 heteroatoms. The Morgan fingerprint density at radius 2 is 2.11 bits per heavy atom. The van der Waals surface area contributed by atoms with Crippen LogP contribution in [0.15, 0.2) is 54.9 Å². The Kier molecular flexibility index (Phi) is 4.43. The molecule has 0 radical (unpaired) electrons. The van der Waals surface area contributed by atoms with Crippen LogP contribution >= 0.6 is 0 Å². The second kappa shape index (κ2) is 7.19. The maximum atomic E-state index is 9.04. The molecule has 4 aromatic rings. The first-order valence-electron chi connectivity index (χ1n) is 8.21. The normalized spacial score (nSPS) is 10.7. The molecular formula is C19H15N7O. The van der Waals surface area contributed by atoms with Crippen molar-refractivity contribution in [3.8, 4) is 17.3 Å². The zero-order valence-corrected chi connectivity index (χ0v) is 14.5. The Morgan fingerprint density at radius 1 is 1.19 bits per heavy atom. The Hall–Kier alpha value is -3.83. The quantitative estimate of drug-likeness (QED) is 0.586. The van der Waals surface area contributed by atoms with E-state index in [1.165, 1.54) is 0 Å². The molecule has 0 amide bonds. The number of nitrogens with zero attached hydrogens (tertiary/aromatic N) is 6. The van der Waals surface area contributed by atoms with Crippen molar-refractivity contribution in [2.45, 2.75) is 6.61 Å². The van der Waals surface area contributed by atoms with Crippen LogP contribution < -0.4 is 5.32 Å². The molecular weight excluding hydrogens is 342 g/mol. The molecule has 0 atom stereocenters. The molecule has 0 fully saturated rings. The molecule has 0 unspecified atom stereocenters. The fourth-order valence-electron chi connectivity index (χ4n) is 2.81. The van der Waals surface area contributed by atoms with E-state index in [0.717, 1.165) is 22.5 Å². The van der Waals surface area contributed by atoms with Gasteiger partial charge in [-0.15, -0.1) is 0 Å². The standard InChI is InChI=1S/C19H15N7O/c1-27-12-16-18(17-6-3-8-22-26(17)25-16)15-7-9-21-19(24-15)23-14-5-2-4-13(10-14)11-20/h2-10H,12H2,1H3,(H,21,23,24). The summed E-state index contributed by atoms with van der Waals surface area (Å²) in [4.78, 5) is 8.89. The summed E-state index contributed by atoms with van der Waals surface area (Å²) >= 11 is 0. The van der Waals surface area contributed by atoms with Crippen LogP contribution in [0.3, 0.4) is 0 Å². The van der Waals surface area contributed by atoms with Gasteiger partial charge in [0.15, 0.2) is 0 Å². The van der Waals surface area contributed by atoms with Crippen molar-refractivity contribution >= 4 is 17.2 Å². The minimum Gasteiger partial charge on any atom is -0.378 e. The highest BCUT2D eigenvalue weighted by Crippen LogP contribution is 2.28. The molecule has 27 heavy (non-hydrogen) atoms. The average Bonchev–Trinajstić information content (AvgIpc) is 3.06. The molecule has 0 saturated carbocycles. The van der Waals surface area contributed by atoms with E-state index in [0.29, 0.717) is 23.8 Å². The molecule has 0 bridgehead atoms. The first-order chi connectivity index (χ1) is 13.3. The third-order valence-corrected chi connectivity index (χ3v) is 3.93. The molecule has 3 aromatic heterocycles. The summed E-state index contributed by atoms with van der Waals surface area (Å²) in [6, 6.07) is 14.9. The van der Waals surface area contributed by atoms with Gasteiger partial charge in [-0.1, -0.05) is 6.07 Å². The van der Waals surface area contributed by atoms with Gasteiger partial charge >= 0.3 is 0 Å². The predicted octanol–water partition coefficient (Wildman–Crippen LogP) is 2.95. The molecule has 0 aliphatic rings. The van der Waals surface area contributed by atoms with Crippen LogP contribution in [0.4, 0.5) is 11.6 Å². The molecule has 8 nitrogen and oxygen atoms in total. The van der Waals surface area contributed by atoms with Gasteiger partial charge in [0.05, 0.1) is 35.0 Å². The summed E-state index contributed by atoms with van der Waals surface area (Å²) in [5.41, 5.74) is 4.44. The number of hydrogen-bond acceptors (Lipinski definition) is 7. The number of nitriles is 1. The summed E-state index contributed by atoms with van der Waals surface area (Å²) in [5.74, 6) is 0.425. The smallest absolute Gasteiger partial charge is 0.227 e. The monoisotopic (exact) mass is 357 g/mol. The molecule has 3 heterocycles. The average molecular weight is 357 g/mol. The Labute approximate surface area is 155 Å². The second-order valence-electron chi connectivity index (χ2n) is 5.74. The van der Waals surface area contributed by atoms with Gasteiger partial charge in [-0.3, -0.25) is 0 Å². The molecule has 132 valence electrons. The van der Waals surface area contributed by atoms with E-state index >= 15 is 0 Å². The number of benzene rings is 1. The predicted molar refractivity (Wildman–Crippen MR) is 99.2 cm³/mol. The number of methoxy groups -OCH3 is 1. The maximum Gasteiger partial charge on any atom is 0.227 e. The van der Waals surface area contributed by atoms with E-state index in [4.69, 9.17) is 10.00 Å². The molecule has 0 spiro atoms. The van der Waals surface area contributed by atoms with Crippen LogP contribution in [0.2, 0.25) is 0 Å². The van der Waals surface area contributed by atoms with Crippen LogP contribution in [-0.2, 0) is 11.3 Å². The van der Waals surface area contributed by atoms with E-state index in [1.54, 1.807) is 42.3 Å². The number of anilines is 2. The number of rotatable bonds is 5. The summed E-state index contributed by atoms with van der Waals surface area (Å²) < 4.78 is 6.84. The lowest BCUT2D eigenvalue weighted by molar-refractivity contribution is 0.181. The minimum absolute atomic E-state index is 0.343. The molecule has 0 saturated heterocycles. The molecule has 1 N–H and O–H groups in total. The SMILES string of the molecule is COCc1nn2ncccc2c1-c1ccnc(Nc2cccc(C#N)c2)n1. The topological polar surface area (TPSA) is 101 Å². The Bertz CT molecular complexity index is 1150. The number of hydrogen-bond donors (Lipinski definition) is 1. The maximum absolute atomic E-state index is 9.04. The van der Waals surface area contributed by atoms with Crippen molar-refractivity contribution in [2.24, 2.45) is 0 Å². The van der Waals surface area contributed by atoms with Crippen LogP contribution in [-0.4, -0.2) is 31.9 Å². The number of fused-ring (bicyclic) bond motifs is 1. The number of aromatic nitrogens is 5. The minimum atomic E-state index is 0.343. The van der Waals surface area contributed by atoms with Crippen LogP contribution in [0.5, 0.6) is 0 Å². The van der Waals surface area contributed by atoms with Crippen LogP contribution in [0.1, 0.15) is 11.3 Å². The number of ether oxygens (including phenoxy) is 1. The molecule has 0 aliphatic heterocycles. The largest absolute Gasteiger partial charge is 0.378 e. The van der Waals surface area contributed by atoms with E-state index in [9.17, 15) is 0 Å². The fraction of sp³-hybridized carbons (Fsp3) is 0.105. The lowest BCUT2D eigenvalue weighted by atomic mass is 10.1. The molecule has 0 aliphatic carbocycles. The summed E-state index contributed by atoms with van der Waals surface area (Å²) in [6.07, 6.45) is 3.35. The van der Waals surface area contributed by atoms with E-state index < -0.39 is 0 Å². The van der Waals surface area contributed by atoms with Gasteiger partial charge in [0, 0.05) is 25.2 Å². The first kappa shape index (κ1) is 16.6. The van der Waals surface area contributed by atoms with Crippen molar-refractivity contribution in [1.82, 2.24) is 24.8 Å². The highest BCUT2D eigenvalue weighted by Gasteiger charge is 2.17. The van der Waals surface area contributed by atoms with Gasteiger partial charge in [-0.05, 0) is 36.4 Å². The Morgan fingerprint density at radius 3 is 2.96 bits per heavy atom. The van der Waals surface area contributed by atoms with Gasteiger partial charge < -0.3 is 10.1 Å². The molecule has 1 aromatic carbocycles. The van der Waals surface area contributed by atoms with Gasteiger partial charge in [0.25, 0.3) is 0 Å². The summed E-state index contributed by atoms with van der Waals surface area (Å²) in [7, 11) is 1.62. The van der Waals surface area contributed by atoms with Crippen molar-refractivity contribution in [2.75, 3.05) is 12.4 Å². The fourth-order valence-corrected chi connectivity index (χ4v) is 2.81. The van der Waals surface area contributed by atoms with Gasteiger partial charge in [-0.2, -0.15) is 20.1 Å². The lowest BCUT2D eigenvalue weighted by Crippen LogP contribution is -1.99. The second-order valence-corrected chi connectivity index (χ2v) is 5.74. The van der Waals surface area contributed by atoms with Crippen molar-refractivity contribution in [3.63, 3.8) is 0 Å². The third-order valence-electron chi connectivity index (χ3n) is 3.93. The van der Waals surface area contributed by atoms with Crippen molar-refractivity contribution in [1.29, 1.82) is 5.26 Å². The zero-order chi connectivity index (χ0) is 18.6. The van der Waals surface area contributed by atoms with Gasteiger partial charge in [0.2, 0.25) is 5.95 Å². The van der Waals surface area contributed by atoms with Gasteiger partial charge in [0.1, 0.15) is 5.69 Å². The van der Waals surface area contributed by atoms with Gasteiger partial charge in [-0.25, -0.2) is 9.97 Å². The lowest BCUT2D eigenvalue weighted by Gasteiger charge is -2.07. The highest BCUT2D eigenvalue weighted by molar-refractivity contribution is 5.80. The van der Waals surface area contributed by atoms with Crippen molar-refractivity contribution in [3.05, 3.63) is 66.1 Å². The first-order valence-corrected chi connectivity index (χ1v) is 8.21. The Balaban J connectivity index is 1.75. The zero-order valence-electron chi connectivity index (χ0n) is 14.5. The summed E-state index contributed by atoms with van der Waals surface area (Å²) in [6.45, 7) is 0.343. The summed E-state index contributed by atoms with van der Waals surface area (Å²) in [5, 5.41) is 20.9. The van der Waals surface area contributed by atoms with Crippen LogP contribution in [0.25, 0.3) is 16.8 Å². The van der Waals surface area contributed by atoms with E-state index in [-0.39, 0.29) is 0 Å². The third kappa shape index (κ3) is 3.31. The van der Waals surface area contributed by atoms with Crippen molar-refractivity contribution < 1.29 is 4.74 Å². The van der Waals surface area contributed by atoms with E-state index in [1.807, 2.05) is 24.3 Å². The van der Waals surface area contributed by atoms with E-state index in [2.05, 4.69) is 31.6 Å². The highest BCUT2D eigenvalue weighted by atomic mass is 16.5. The van der Waals surface area contributed by atoms with Crippen LogP contribution in [0, 0.1) is 11.3 Å². The molecule has 4 rings (SSSR count).